The third-order valence-electron chi connectivity index (χ3n) is 9.20. The van der Waals surface area contributed by atoms with E-state index in [1.54, 1.807) is 0 Å². The molecule has 1 fully saturated rings. The molecule has 1 N–H and O–H groups in total. The van der Waals surface area contributed by atoms with Crippen molar-refractivity contribution in [3.8, 4) is 0 Å². The van der Waals surface area contributed by atoms with E-state index in [0.717, 1.165) is 70.6 Å². The van der Waals surface area contributed by atoms with E-state index in [1.165, 1.54) is 19.3 Å². The molecule has 0 aromatic carbocycles. The Morgan fingerprint density at radius 2 is 1.10 bits per heavy atom. The Morgan fingerprint density at radius 1 is 0.607 bits per heavy atom. The molecule has 0 aromatic heterocycles. The number of carbonyl (C=O) groups excluding carboxylic acids is 2. The highest BCUT2D eigenvalue weighted by Crippen LogP contribution is 2.43. The number of ether oxygens (including phenoxy) is 3. The lowest BCUT2D eigenvalue weighted by Gasteiger charge is -2.24. The number of likely N-dealkylation sites (N-methyl/N-ethyl adjacent to an activating group) is 1. The molecule has 0 amide bonds. The van der Waals surface area contributed by atoms with Gasteiger partial charge in [-0.15, -0.1) is 0 Å². The third kappa shape index (κ3) is 38.1. The minimum Gasteiger partial charge on any atom is -0.462 e. The van der Waals surface area contributed by atoms with Crippen molar-refractivity contribution in [1.82, 2.24) is 0 Å². The molecule has 0 bridgehead atoms. The molecule has 61 heavy (non-hydrogen) atoms. The maximum atomic E-state index is 12.7. The summed E-state index contributed by atoms with van der Waals surface area (Å²) in [4.78, 5) is 35.4. The molecule has 0 aliphatic carbocycles. The number of carbonyl (C=O) groups is 2. The third-order valence-corrected chi connectivity index (χ3v) is 10.2. The normalized spacial score (nSPS) is 17.9. The molecule has 1 rings (SSSR count). The van der Waals surface area contributed by atoms with Crippen molar-refractivity contribution in [2.75, 3.05) is 47.5 Å². The molecule has 1 saturated heterocycles. The fraction of sp³-hybridized carbons (Fsp3) is 0.600. The van der Waals surface area contributed by atoms with Gasteiger partial charge in [0.2, 0.25) is 0 Å². The summed E-state index contributed by atoms with van der Waals surface area (Å²) in [6.07, 6.45) is 53.3. The molecule has 0 radical (unpaired) electrons. The molecule has 0 spiro atoms. The van der Waals surface area contributed by atoms with E-state index < -0.39 is 32.5 Å². The number of quaternary nitrogens is 1. The molecular formula is C50H81NO9P+. The van der Waals surface area contributed by atoms with Crippen LogP contribution in [0.1, 0.15) is 129 Å². The van der Waals surface area contributed by atoms with E-state index >= 15 is 0 Å². The standard InChI is InChI=1S/C50H80NO9P/c1-6-8-10-12-14-15-16-17-18-19-20-21-22-23-24-25-28-33-37-41-50(53)59-46(45-58-61(54,55)57-43-42-51(3,4)5)44-56-49(52)40-36-32-29-26-27-31-35-39-48-47(60-48)38-34-30-13-11-9-7-2/h8,10,14-15,17-18,20-21,23-24,26,28-31,33-35,46-48H,6-7,9,11-13,16,19,22,25,27,32,36-45H2,1-5H3/p+1/b10-8-,15-14-,18-17-,21-20-,24-23-,29-26-,33-28-,34-30-,35-31-/t46-,47?,48?/m1/s1. The Kier molecular flexibility index (Phi) is 33.9. The van der Waals surface area contributed by atoms with Gasteiger partial charge < -0.3 is 23.6 Å². The lowest BCUT2D eigenvalue weighted by molar-refractivity contribution is -0.870. The van der Waals surface area contributed by atoms with Crippen molar-refractivity contribution >= 4 is 19.8 Å². The van der Waals surface area contributed by atoms with Gasteiger partial charge in [-0.25, -0.2) is 4.57 Å². The molecular weight excluding hydrogens is 790 g/mol. The number of epoxide rings is 1. The zero-order chi connectivity index (χ0) is 44.7. The number of hydrogen-bond acceptors (Lipinski definition) is 8. The van der Waals surface area contributed by atoms with E-state index in [2.05, 4.69) is 105 Å². The predicted molar refractivity (Wildman–Crippen MR) is 251 cm³/mol. The van der Waals surface area contributed by atoms with Crippen LogP contribution in [-0.2, 0) is 37.4 Å². The number of phosphoric ester groups is 1. The average molecular weight is 871 g/mol. The van der Waals surface area contributed by atoms with Crippen molar-refractivity contribution < 1.29 is 46.8 Å². The van der Waals surface area contributed by atoms with Crippen LogP contribution < -0.4 is 0 Å². The SMILES string of the molecule is CC/C=C\C/C=C\C/C=C\C/C=C\C/C=C\C/C=C\CCC(=O)O[C@H](COC(=O)CCC/C=C\C/C=C\CC1OC1C/C=C\CCCCC)COP(=O)(O)OCC[N+](C)(C)C. The number of nitrogens with zero attached hydrogens (tertiary/aromatic N) is 1. The molecule has 10 nitrogen and oxygen atoms in total. The summed E-state index contributed by atoms with van der Waals surface area (Å²) in [6, 6.07) is 0. The van der Waals surface area contributed by atoms with Crippen molar-refractivity contribution in [2.24, 2.45) is 0 Å². The largest absolute Gasteiger partial charge is 0.472 e. The van der Waals surface area contributed by atoms with E-state index in [4.69, 9.17) is 23.3 Å². The topological polar surface area (TPSA) is 121 Å². The summed E-state index contributed by atoms with van der Waals surface area (Å²) < 4.78 is 39.9. The second-order valence-electron chi connectivity index (χ2n) is 16.1. The van der Waals surface area contributed by atoms with Crippen LogP contribution >= 0.6 is 7.82 Å². The van der Waals surface area contributed by atoms with Crippen LogP contribution in [-0.4, -0.2) is 87.1 Å². The Morgan fingerprint density at radius 3 is 1.66 bits per heavy atom. The smallest absolute Gasteiger partial charge is 0.462 e. The second kappa shape index (κ2) is 37.2. The first-order valence-electron chi connectivity index (χ1n) is 22.7. The molecule has 11 heteroatoms. The van der Waals surface area contributed by atoms with Crippen LogP contribution in [0.2, 0.25) is 0 Å². The molecule has 1 aliphatic heterocycles. The van der Waals surface area contributed by atoms with Gasteiger partial charge >= 0.3 is 19.8 Å². The molecule has 344 valence electrons. The van der Waals surface area contributed by atoms with Gasteiger partial charge in [0, 0.05) is 12.8 Å². The quantitative estimate of drug-likeness (QED) is 0.0161. The van der Waals surface area contributed by atoms with Gasteiger partial charge in [-0.3, -0.25) is 18.6 Å². The lowest BCUT2D eigenvalue weighted by atomic mass is 10.1. The van der Waals surface area contributed by atoms with Gasteiger partial charge in [-0.2, -0.15) is 0 Å². The first-order valence-corrected chi connectivity index (χ1v) is 24.2. The second-order valence-corrected chi connectivity index (χ2v) is 17.5. The fourth-order valence-corrected chi connectivity index (χ4v) is 6.28. The Labute approximate surface area is 370 Å². The highest BCUT2D eigenvalue weighted by Gasteiger charge is 2.36. The minimum atomic E-state index is -4.42. The first kappa shape index (κ1) is 55.6. The molecule has 1 aliphatic rings. The Balaban J connectivity index is 2.38. The number of esters is 2. The Hall–Kier alpha value is -3.37. The molecule has 4 atom stereocenters. The van der Waals surface area contributed by atoms with E-state index in [1.807, 2.05) is 39.4 Å². The van der Waals surface area contributed by atoms with Gasteiger partial charge in [0.05, 0.1) is 40.0 Å². The fourth-order valence-electron chi connectivity index (χ4n) is 5.54. The summed E-state index contributed by atoms with van der Waals surface area (Å²) in [7, 11) is 1.37. The summed E-state index contributed by atoms with van der Waals surface area (Å²) in [5, 5.41) is 0. The molecule has 1 heterocycles. The maximum Gasteiger partial charge on any atom is 0.472 e. The van der Waals surface area contributed by atoms with Crippen molar-refractivity contribution in [3.63, 3.8) is 0 Å². The highest BCUT2D eigenvalue weighted by molar-refractivity contribution is 7.47. The van der Waals surface area contributed by atoms with Gasteiger partial charge in [0.25, 0.3) is 0 Å². The zero-order valence-corrected chi connectivity index (χ0v) is 39.2. The number of phosphoric acid groups is 1. The van der Waals surface area contributed by atoms with E-state index in [-0.39, 0.29) is 26.1 Å². The van der Waals surface area contributed by atoms with Crippen LogP contribution in [0.4, 0.5) is 0 Å². The number of unbranched alkanes of at least 4 members (excludes halogenated alkanes) is 4. The maximum absolute atomic E-state index is 12.7. The van der Waals surface area contributed by atoms with Gasteiger partial charge in [0.15, 0.2) is 6.10 Å². The summed E-state index contributed by atoms with van der Waals surface area (Å²) in [5.41, 5.74) is 0. The summed E-state index contributed by atoms with van der Waals surface area (Å²) in [6.45, 7) is 4.08. The van der Waals surface area contributed by atoms with Crippen molar-refractivity contribution in [2.45, 2.75) is 148 Å². The zero-order valence-electron chi connectivity index (χ0n) is 38.3. The Bertz CT molecular complexity index is 1470. The van der Waals surface area contributed by atoms with Crippen LogP contribution in [0.25, 0.3) is 0 Å². The van der Waals surface area contributed by atoms with Crippen LogP contribution in [0.3, 0.4) is 0 Å². The van der Waals surface area contributed by atoms with E-state index in [0.29, 0.717) is 36.1 Å². The van der Waals surface area contributed by atoms with Gasteiger partial charge in [0.1, 0.15) is 19.8 Å². The number of rotatable bonds is 38. The predicted octanol–water partition coefficient (Wildman–Crippen LogP) is 12.1. The summed E-state index contributed by atoms with van der Waals surface area (Å²) in [5.74, 6) is -0.981. The van der Waals surface area contributed by atoms with E-state index in [9.17, 15) is 19.0 Å². The molecule has 0 saturated carbocycles. The van der Waals surface area contributed by atoms with Gasteiger partial charge in [-0.1, -0.05) is 136 Å². The first-order chi connectivity index (χ1) is 29.5. The number of hydrogen-bond donors (Lipinski definition) is 1. The van der Waals surface area contributed by atoms with Crippen LogP contribution in [0.15, 0.2) is 109 Å². The number of allylic oxidation sites excluding steroid dienone is 16. The molecule has 0 aromatic rings. The van der Waals surface area contributed by atoms with Crippen molar-refractivity contribution in [3.05, 3.63) is 109 Å². The van der Waals surface area contributed by atoms with Crippen molar-refractivity contribution in [1.29, 1.82) is 0 Å². The summed E-state index contributed by atoms with van der Waals surface area (Å²) >= 11 is 0. The highest BCUT2D eigenvalue weighted by atomic mass is 31.2. The van der Waals surface area contributed by atoms with Crippen LogP contribution in [0, 0.1) is 0 Å². The van der Waals surface area contributed by atoms with Crippen LogP contribution in [0.5, 0.6) is 0 Å². The van der Waals surface area contributed by atoms with Gasteiger partial charge in [-0.05, 0) is 89.9 Å². The average Bonchev–Trinajstić information content (AvgIpc) is 3.97. The minimum absolute atomic E-state index is 0.000612. The molecule has 3 unspecified atom stereocenters. The monoisotopic (exact) mass is 871 g/mol. The lowest BCUT2D eigenvalue weighted by Crippen LogP contribution is -2.37.